The van der Waals surface area contributed by atoms with E-state index in [2.05, 4.69) is 24.3 Å². The molecule has 2 rings (SSSR count). The molecule has 1 aromatic carbocycles. The quantitative estimate of drug-likeness (QED) is 0.576. The Labute approximate surface area is 79.2 Å². The Hall–Kier alpha value is -0.223. The summed E-state index contributed by atoms with van der Waals surface area (Å²) >= 11 is 0. The molecular weight excluding hydrogens is 129 g/mol. The molecule has 0 bridgehead atoms. The van der Waals surface area contributed by atoms with E-state index < -0.39 is 0 Å². The molecule has 0 spiro atoms. The topological polar surface area (TPSA) is 26.0 Å². The fourth-order valence-corrected chi connectivity index (χ4v) is 1.30. The zero-order valence-electron chi connectivity index (χ0n) is 5.83. The van der Waals surface area contributed by atoms with E-state index >= 15 is 0 Å². The summed E-state index contributed by atoms with van der Waals surface area (Å²) in [5.41, 5.74) is 7.10. The second-order valence-electron chi connectivity index (χ2n) is 2.92. The summed E-state index contributed by atoms with van der Waals surface area (Å²) in [5.74, 6) is 0.654. The molecule has 1 aliphatic rings. The van der Waals surface area contributed by atoms with E-state index in [9.17, 15) is 0 Å². The molecule has 0 heterocycles. The number of rotatable bonds is 1. The molecule has 0 radical (unpaired) electrons. The molecule has 0 aliphatic heterocycles. The Balaban J connectivity index is 0.000000605. The molecule has 2 N–H and O–H groups in total. The predicted molar refractivity (Wildman–Crippen MR) is 48.9 cm³/mol. The monoisotopic (exact) mass is 141 g/mol. The van der Waals surface area contributed by atoms with Gasteiger partial charge in [-0.05, 0) is 12.0 Å². The number of hydrogen-bond acceptors (Lipinski definition) is 1. The van der Waals surface area contributed by atoms with Crippen LogP contribution in [-0.4, -0.2) is 24.9 Å². The molecule has 2 heteroatoms. The van der Waals surface area contributed by atoms with Crippen LogP contribution in [0.2, 0.25) is 0 Å². The van der Waals surface area contributed by atoms with Crippen molar-refractivity contribution in [1.82, 2.24) is 0 Å². The molecule has 1 nitrogen and oxygen atoms in total. The Bertz CT molecular complexity index is 222. The van der Waals surface area contributed by atoms with Crippen LogP contribution in [0, 0.1) is 0 Å². The third-order valence-electron chi connectivity index (χ3n) is 2.07. The molecule has 2 atom stereocenters. The Kier molecular flexibility index (Phi) is 2.78. The maximum atomic E-state index is 5.70. The van der Waals surface area contributed by atoms with Gasteiger partial charge in [0.05, 0.1) is 0 Å². The SMILES string of the molecule is N[C@@H]1C[C@H]1c1ccccc1.[LiH]. The van der Waals surface area contributed by atoms with Crippen molar-refractivity contribution in [3.05, 3.63) is 35.9 Å². The van der Waals surface area contributed by atoms with Crippen LogP contribution in [0.25, 0.3) is 0 Å². The van der Waals surface area contributed by atoms with Crippen LogP contribution in [0.3, 0.4) is 0 Å². The summed E-state index contributed by atoms with van der Waals surface area (Å²) in [4.78, 5) is 0. The van der Waals surface area contributed by atoms with Crippen LogP contribution in [0.5, 0.6) is 0 Å². The maximum absolute atomic E-state index is 5.70. The molecule has 1 aliphatic carbocycles. The second kappa shape index (κ2) is 3.45. The van der Waals surface area contributed by atoms with Gasteiger partial charge >= 0.3 is 18.9 Å². The van der Waals surface area contributed by atoms with Crippen molar-refractivity contribution in [3.63, 3.8) is 0 Å². The van der Waals surface area contributed by atoms with Crippen molar-refractivity contribution in [2.24, 2.45) is 5.73 Å². The Morgan fingerprint density at radius 3 is 2.18 bits per heavy atom. The first kappa shape index (κ1) is 8.87. The van der Waals surface area contributed by atoms with Crippen molar-refractivity contribution in [1.29, 1.82) is 0 Å². The van der Waals surface area contributed by atoms with E-state index in [0.29, 0.717) is 12.0 Å². The van der Waals surface area contributed by atoms with Gasteiger partial charge in [0, 0.05) is 12.0 Å². The van der Waals surface area contributed by atoms with Gasteiger partial charge in [-0.25, -0.2) is 0 Å². The molecule has 0 saturated heterocycles. The normalized spacial score (nSPS) is 27.4. The van der Waals surface area contributed by atoms with Gasteiger partial charge in [0.1, 0.15) is 0 Å². The second-order valence-corrected chi connectivity index (χ2v) is 2.92. The summed E-state index contributed by atoms with van der Waals surface area (Å²) in [5, 5.41) is 0. The minimum absolute atomic E-state index is 0. The fourth-order valence-electron chi connectivity index (χ4n) is 1.30. The molecular formula is C9H12LiN. The molecule has 1 fully saturated rings. The standard InChI is InChI=1S/C9H11N.Li.H/c10-9-6-8(9)7-4-2-1-3-5-7;;/h1-5,8-9H,6,10H2;;/t8-,9+;;/m0../s1. The van der Waals surface area contributed by atoms with Gasteiger partial charge in [0.15, 0.2) is 0 Å². The van der Waals surface area contributed by atoms with E-state index in [1.54, 1.807) is 0 Å². The first-order valence-electron chi connectivity index (χ1n) is 3.68. The summed E-state index contributed by atoms with van der Waals surface area (Å²) in [6, 6.07) is 10.9. The number of nitrogens with two attached hydrogens (primary N) is 1. The van der Waals surface area contributed by atoms with Crippen molar-refractivity contribution in [2.45, 2.75) is 18.4 Å². The summed E-state index contributed by atoms with van der Waals surface area (Å²) in [7, 11) is 0. The fraction of sp³-hybridized carbons (Fsp3) is 0.333. The number of benzene rings is 1. The van der Waals surface area contributed by atoms with Gasteiger partial charge < -0.3 is 5.73 Å². The van der Waals surface area contributed by atoms with Crippen LogP contribution < -0.4 is 5.73 Å². The summed E-state index contributed by atoms with van der Waals surface area (Å²) in [6.45, 7) is 0. The van der Waals surface area contributed by atoms with Gasteiger partial charge in [-0.1, -0.05) is 30.3 Å². The Morgan fingerprint density at radius 2 is 1.73 bits per heavy atom. The predicted octanol–water partition coefficient (Wildman–Crippen LogP) is 0.853. The average molecular weight is 141 g/mol. The molecule has 1 saturated carbocycles. The van der Waals surface area contributed by atoms with Crippen LogP contribution in [-0.2, 0) is 0 Å². The summed E-state index contributed by atoms with van der Waals surface area (Å²) in [6.07, 6.45) is 1.17. The van der Waals surface area contributed by atoms with Crippen molar-refractivity contribution in [3.8, 4) is 0 Å². The van der Waals surface area contributed by atoms with Gasteiger partial charge in [-0.2, -0.15) is 0 Å². The van der Waals surface area contributed by atoms with Gasteiger partial charge in [-0.15, -0.1) is 0 Å². The van der Waals surface area contributed by atoms with Gasteiger partial charge in [-0.3, -0.25) is 0 Å². The van der Waals surface area contributed by atoms with Gasteiger partial charge in [0.25, 0.3) is 0 Å². The van der Waals surface area contributed by atoms with E-state index in [4.69, 9.17) is 5.73 Å². The molecule has 0 aromatic heterocycles. The van der Waals surface area contributed by atoms with E-state index in [0.717, 1.165) is 0 Å². The molecule has 11 heavy (non-hydrogen) atoms. The molecule has 54 valence electrons. The number of hydrogen-bond donors (Lipinski definition) is 1. The van der Waals surface area contributed by atoms with Crippen LogP contribution >= 0.6 is 0 Å². The first-order chi connectivity index (χ1) is 4.88. The zero-order chi connectivity index (χ0) is 6.97. The van der Waals surface area contributed by atoms with Crippen LogP contribution in [0.4, 0.5) is 0 Å². The van der Waals surface area contributed by atoms with Crippen LogP contribution in [0.15, 0.2) is 30.3 Å². The van der Waals surface area contributed by atoms with Crippen LogP contribution in [0.1, 0.15) is 17.9 Å². The molecule has 0 unspecified atom stereocenters. The minimum atomic E-state index is 0. The molecule has 0 amide bonds. The zero-order valence-corrected chi connectivity index (χ0v) is 5.83. The molecule has 1 aromatic rings. The average Bonchev–Trinajstić information content (AvgIpc) is 2.69. The third kappa shape index (κ3) is 1.87. The van der Waals surface area contributed by atoms with Crippen molar-refractivity contribution < 1.29 is 0 Å². The van der Waals surface area contributed by atoms with E-state index in [1.165, 1.54) is 12.0 Å². The first-order valence-corrected chi connectivity index (χ1v) is 3.68. The van der Waals surface area contributed by atoms with Crippen molar-refractivity contribution in [2.75, 3.05) is 0 Å². The van der Waals surface area contributed by atoms with E-state index in [-0.39, 0.29) is 18.9 Å². The van der Waals surface area contributed by atoms with Crippen molar-refractivity contribution >= 4 is 18.9 Å². The Morgan fingerprint density at radius 1 is 1.18 bits per heavy atom. The summed E-state index contributed by atoms with van der Waals surface area (Å²) < 4.78 is 0. The van der Waals surface area contributed by atoms with E-state index in [1.807, 2.05) is 6.07 Å². The van der Waals surface area contributed by atoms with Gasteiger partial charge in [0.2, 0.25) is 0 Å². The third-order valence-corrected chi connectivity index (χ3v) is 2.07.